The molecule has 7 nitrogen and oxygen atoms in total. The van der Waals surface area contributed by atoms with Gasteiger partial charge in [0.2, 0.25) is 0 Å². The minimum atomic E-state index is -0.287. The van der Waals surface area contributed by atoms with E-state index < -0.39 is 0 Å². The van der Waals surface area contributed by atoms with Crippen LogP contribution in [0.25, 0.3) is 0 Å². The number of nitrogens with zero attached hydrogens (tertiary/aromatic N) is 1. The third kappa shape index (κ3) is 4.35. The highest BCUT2D eigenvalue weighted by Gasteiger charge is 2.31. The summed E-state index contributed by atoms with van der Waals surface area (Å²) in [7, 11) is 0. The number of amides is 3. The van der Waals surface area contributed by atoms with Gasteiger partial charge in [0.25, 0.3) is 5.91 Å². The summed E-state index contributed by atoms with van der Waals surface area (Å²) in [6.45, 7) is 5.58. The molecule has 4 rings (SSSR count). The molecule has 30 heavy (non-hydrogen) atoms. The van der Waals surface area contributed by atoms with Crippen molar-refractivity contribution in [1.82, 2.24) is 10.2 Å². The highest BCUT2D eigenvalue weighted by atomic mass is 16.6. The van der Waals surface area contributed by atoms with Crippen LogP contribution in [0.1, 0.15) is 48.7 Å². The predicted octanol–water partition coefficient (Wildman–Crippen LogP) is 3.97. The second-order valence-electron chi connectivity index (χ2n) is 7.89. The molecule has 0 aliphatic carbocycles. The number of anilines is 1. The zero-order valence-corrected chi connectivity index (χ0v) is 17.3. The lowest BCUT2D eigenvalue weighted by Crippen LogP contribution is -2.34. The van der Waals surface area contributed by atoms with Crippen LogP contribution in [0, 0.1) is 0 Å². The van der Waals surface area contributed by atoms with Gasteiger partial charge >= 0.3 is 6.03 Å². The Morgan fingerprint density at radius 2 is 1.87 bits per heavy atom. The van der Waals surface area contributed by atoms with Crippen molar-refractivity contribution >= 4 is 17.6 Å². The van der Waals surface area contributed by atoms with Crippen LogP contribution in [-0.2, 0) is 0 Å². The van der Waals surface area contributed by atoms with Crippen molar-refractivity contribution in [2.24, 2.45) is 0 Å². The summed E-state index contributed by atoms with van der Waals surface area (Å²) >= 11 is 0. The van der Waals surface area contributed by atoms with Crippen LogP contribution in [-0.4, -0.2) is 42.6 Å². The van der Waals surface area contributed by atoms with Crippen LogP contribution in [0.4, 0.5) is 10.5 Å². The van der Waals surface area contributed by atoms with Gasteiger partial charge in [0, 0.05) is 23.8 Å². The highest BCUT2D eigenvalue weighted by molar-refractivity contribution is 5.97. The average molecular weight is 409 g/mol. The first-order chi connectivity index (χ1) is 14.5. The summed E-state index contributed by atoms with van der Waals surface area (Å²) in [5.74, 6) is 1.44. The van der Waals surface area contributed by atoms with Gasteiger partial charge in [-0.15, -0.1) is 0 Å². The Morgan fingerprint density at radius 3 is 2.67 bits per heavy atom. The second-order valence-corrected chi connectivity index (χ2v) is 7.89. The van der Waals surface area contributed by atoms with Crippen molar-refractivity contribution in [2.75, 3.05) is 25.1 Å². The van der Waals surface area contributed by atoms with E-state index >= 15 is 0 Å². The van der Waals surface area contributed by atoms with Gasteiger partial charge in [-0.2, -0.15) is 0 Å². The maximum Gasteiger partial charge on any atom is 0.319 e. The van der Waals surface area contributed by atoms with Gasteiger partial charge < -0.3 is 25.0 Å². The number of rotatable bonds is 4. The summed E-state index contributed by atoms with van der Waals surface area (Å²) < 4.78 is 11.3. The molecule has 158 valence electrons. The molecule has 2 aromatic rings. The Kier molecular flexibility index (Phi) is 5.79. The predicted molar refractivity (Wildman–Crippen MR) is 114 cm³/mol. The zero-order chi connectivity index (χ0) is 21.1. The lowest BCUT2D eigenvalue weighted by atomic mass is 10.0. The largest absolute Gasteiger partial charge is 0.486 e. The van der Waals surface area contributed by atoms with Gasteiger partial charge in [-0.1, -0.05) is 12.1 Å². The summed E-state index contributed by atoms with van der Waals surface area (Å²) in [5, 5.41) is 5.57. The lowest BCUT2D eigenvalue weighted by Gasteiger charge is -2.27. The number of carbonyl (C=O) groups excluding carboxylic acids is 2. The van der Waals surface area contributed by atoms with E-state index in [0.717, 1.165) is 29.9 Å². The number of hydrogen-bond donors (Lipinski definition) is 2. The molecule has 1 unspecified atom stereocenters. The highest BCUT2D eigenvalue weighted by Crippen LogP contribution is 2.38. The van der Waals surface area contributed by atoms with Crippen LogP contribution in [0.15, 0.2) is 42.5 Å². The molecule has 1 saturated heterocycles. The molecular formula is C23H27N3O4. The smallest absolute Gasteiger partial charge is 0.319 e. The summed E-state index contributed by atoms with van der Waals surface area (Å²) in [4.78, 5) is 27.2. The minimum absolute atomic E-state index is 0.00539. The first-order valence-electron chi connectivity index (χ1n) is 10.4. The topological polar surface area (TPSA) is 79.9 Å². The fraction of sp³-hybridized carbons (Fsp3) is 0.391. The molecular weight excluding hydrogens is 382 g/mol. The van der Waals surface area contributed by atoms with Gasteiger partial charge in [-0.3, -0.25) is 4.79 Å². The standard InChI is InChI=1S/C23H27N3O4/c1-15(2)24-23(28)25-18-6-3-5-17(13-18)22(27)26-10-4-7-19(26)16-8-9-20-21(14-16)30-12-11-29-20/h3,5-6,8-9,13-15,19H,4,7,10-12H2,1-2H3,(H2,24,25,28). The fourth-order valence-corrected chi connectivity index (χ4v) is 3.95. The molecule has 1 fully saturated rings. The monoisotopic (exact) mass is 409 g/mol. The van der Waals surface area contributed by atoms with Crippen molar-refractivity contribution in [2.45, 2.75) is 38.8 Å². The molecule has 0 radical (unpaired) electrons. The van der Waals surface area contributed by atoms with Crippen LogP contribution in [0.2, 0.25) is 0 Å². The van der Waals surface area contributed by atoms with E-state index in [4.69, 9.17) is 9.47 Å². The molecule has 2 aliphatic heterocycles. The number of urea groups is 1. The van der Waals surface area contributed by atoms with Crippen molar-refractivity contribution in [3.05, 3.63) is 53.6 Å². The lowest BCUT2D eigenvalue weighted by molar-refractivity contribution is 0.0735. The molecule has 0 saturated carbocycles. The maximum atomic E-state index is 13.3. The number of carbonyl (C=O) groups is 2. The van der Waals surface area contributed by atoms with Gasteiger partial charge in [0.05, 0.1) is 6.04 Å². The van der Waals surface area contributed by atoms with E-state index in [1.54, 1.807) is 24.3 Å². The number of fused-ring (bicyclic) bond motifs is 1. The molecule has 2 aromatic carbocycles. The van der Waals surface area contributed by atoms with Crippen LogP contribution < -0.4 is 20.1 Å². The van der Waals surface area contributed by atoms with Gasteiger partial charge in [0.1, 0.15) is 13.2 Å². The van der Waals surface area contributed by atoms with E-state index in [1.807, 2.05) is 36.9 Å². The van der Waals surface area contributed by atoms with Crippen molar-refractivity contribution in [1.29, 1.82) is 0 Å². The third-order valence-corrected chi connectivity index (χ3v) is 5.25. The van der Waals surface area contributed by atoms with Gasteiger partial charge in [-0.25, -0.2) is 4.79 Å². The first kappa shape index (κ1) is 20.1. The Labute approximate surface area is 176 Å². The van der Waals surface area contributed by atoms with E-state index in [0.29, 0.717) is 31.0 Å². The van der Waals surface area contributed by atoms with E-state index in [-0.39, 0.29) is 24.0 Å². The second kappa shape index (κ2) is 8.65. The molecule has 0 spiro atoms. The van der Waals surface area contributed by atoms with Crippen molar-refractivity contribution in [3.63, 3.8) is 0 Å². The molecule has 0 aromatic heterocycles. The summed E-state index contributed by atoms with van der Waals surface area (Å²) in [6.07, 6.45) is 1.85. The fourth-order valence-electron chi connectivity index (χ4n) is 3.95. The number of benzene rings is 2. The normalized spacial score (nSPS) is 17.7. The number of hydrogen-bond acceptors (Lipinski definition) is 4. The first-order valence-corrected chi connectivity index (χ1v) is 10.4. The molecule has 7 heteroatoms. The van der Waals surface area contributed by atoms with Gasteiger partial charge in [0.15, 0.2) is 11.5 Å². The van der Waals surface area contributed by atoms with E-state index in [2.05, 4.69) is 10.6 Å². The van der Waals surface area contributed by atoms with E-state index in [1.165, 1.54) is 0 Å². The molecule has 2 N–H and O–H groups in total. The van der Waals surface area contributed by atoms with Crippen molar-refractivity contribution < 1.29 is 19.1 Å². The third-order valence-electron chi connectivity index (χ3n) is 5.25. The van der Waals surface area contributed by atoms with E-state index in [9.17, 15) is 9.59 Å². The number of nitrogens with one attached hydrogen (secondary N) is 2. The van der Waals surface area contributed by atoms with Gasteiger partial charge in [-0.05, 0) is 62.6 Å². The molecule has 2 aliphatic rings. The Morgan fingerprint density at radius 1 is 1.07 bits per heavy atom. The molecule has 0 bridgehead atoms. The van der Waals surface area contributed by atoms with Crippen LogP contribution in [0.5, 0.6) is 11.5 Å². The number of likely N-dealkylation sites (tertiary alicyclic amines) is 1. The average Bonchev–Trinajstić information content (AvgIpc) is 3.22. The SMILES string of the molecule is CC(C)NC(=O)Nc1cccc(C(=O)N2CCCC2c2ccc3c(c2)OCCO3)c1. The molecule has 3 amide bonds. The summed E-state index contributed by atoms with van der Waals surface area (Å²) in [5.41, 5.74) is 2.20. The Bertz CT molecular complexity index is 944. The molecule has 2 heterocycles. The summed E-state index contributed by atoms with van der Waals surface area (Å²) in [6, 6.07) is 12.7. The number of ether oxygens (including phenoxy) is 2. The van der Waals surface area contributed by atoms with Crippen LogP contribution >= 0.6 is 0 Å². The molecule has 1 atom stereocenters. The zero-order valence-electron chi connectivity index (χ0n) is 17.3. The Hall–Kier alpha value is -3.22. The minimum Gasteiger partial charge on any atom is -0.486 e. The quantitative estimate of drug-likeness (QED) is 0.801. The maximum absolute atomic E-state index is 13.3. The van der Waals surface area contributed by atoms with Crippen LogP contribution in [0.3, 0.4) is 0 Å². The van der Waals surface area contributed by atoms with Crippen molar-refractivity contribution in [3.8, 4) is 11.5 Å². The Balaban J connectivity index is 1.51.